The lowest BCUT2D eigenvalue weighted by atomic mass is 10.2. The average Bonchev–Trinajstić information content (AvgIpc) is 3.18. The van der Waals surface area contributed by atoms with Crippen molar-refractivity contribution >= 4 is 35.1 Å². The van der Waals surface area contributed by atoms with Crippen molar-refractivity contribution in [2.45, 2.75) is 6.61 Å². The van der Waals surface area contributed by atoms with Crippen LogP contribution in [0.2, 0.25) is 10.0 Å². The summed E-state index contributed by atoms with van der Waals surface area (Å²) in [6.45, 7) is 0.234. The van der Waals surface area contributed by atoms with Crippen LogP contribution in [-0.4, -0.2) is 15.6 Å². The molecule has 5 nitrogen and oxygen atoms in total. The summed E-state index contributed by atoms with van der Waals surface area (Å²) < 4.78 is 12.7. The molecular formula is C18H14Cl2N2O3. The highest BCUT2D eigenvalue weighted by molar-refractivity contribution is 6.34. The van der Waals surface area contributed by atoms with Crippen LogP contribution < -0.4 is 4.74 Å². The molecule has 0 fully saturated rings. The first-order valence-corrected chi connectivity index (χ1v) is 8.16. The number of rotatable bonds is 6. The Morgan fingerprint density at radius 3 is 2.76 bits per heavy atom. The van der Waals surface area contributed by atoms with Gasteiger partial charge in [0.25, 0.3) is 0 Å². The molecular weight excluding hydrogens is 363 g/mol. The van der Waals surface area contributed by atoms with E-state index in [0.29, 0.717) is 27.3 Å². The Morgan fingerprint density at radius 2 is 2.04 bits per heavy atom. The lowest BCUT2D eigenvalue weighted by molar-refractivity contribution is 0.104. The minimum absolute atomic E-state index is 0.203. The van der Waals surface area contributed by atoms with E-state index in [0.717, 1.165) is 0 Å². The van der Waals surface area contributed by atoms with E-state index in [4.69, 9.17) is 32.4 Å². The van der Waals surface area contributed by atoms with Crippen LogP contribution in [-0.2, 0) is 13.7 Å². The van der Waals surface area contributed by atoms with Crippen molar-refractivity contribution in [3.63, 3.8) is 0 Å². The number of para-hydroxylation sites is 1. The standard InChI is InChI=1S/C18H14Cl2N2O3/c1-22-10-15(20)18(21-22)16(23)9-8-12-6-7-13(25-12)11-24-17-5-3-2-4-14(17)19/h2-10H,11H2,1H3/b9-8+. The van der Waals surface area contributed by atoms with E-state index in [2.05, 4.69) is 5.10 Å². The van der Waals surface area contributed by atoms with Gasteiger partial charge in [-0.1, -0.05) is 35.3 Å². The lowest BCUT2D eigenvalue weighted by Crippen LogP contribution is -1.98. The Labute approximate surface area is 154 Å². The third-order valence-corrected chi connectivity index (χ3v) is 3.89. The molecule has 3 aromatic rings. The van der Waals surface area contributed by atoms with Crippen LogP contribution >= 0.6 is 23.2 Å². The summed E-state index contributed by atoms with van der Waals surface area (Å²) in [6.07, 6.45) is 4.50. The molecule has 2 aromatic heterocycles. The normalized spacial score (nSPS) is 11.2. The van der Waals surface area contributed by atoms with Gasteiger partial charge in [0.1, 0.15) is 23.9 Å². The molecule has 0 saturated carbocycles. The molecule has 0 aliphatic heterocycles. The number of aromatic nitrogens is 2. The number of hydrogen-bond donors (Lipinski definition) is 0. The number of aryl methyl sites for hydroxylation is 1. The predicted molar refractivity (Wildman–Crippen MR) is 96.1 cm³/mol. The predicted octanol–water partition coefficient (Wildman–Crippen LogP) is 4.80. The zero-order valence-electron chi connectivity index (χ0n) is 13.3. The van der Waals surface area contributed by atoms with Crippen molar-refractivity contribution in [1.29, 1.82) is 0 Å². The topological polar surface area (TPSA) is 57.3 Å². The monoisotopic (exact) mass is 376 g/mol. The molecule has 0 radical (unpaired) electrons. The summed E-state index contributed by atoms with van der Waals surface area (Å²) in [7, 11) is 1.70. The minimum Gasteiger partial charge on any atom is -0.484 e. The second-order valence-electron chi connectivity index (χ2n) is 5.22. The number of allylic oxidation sites excluding steroid dienone is 1. The van der Waals surface area contributed by atoms with Gasteiger partial charge in [-0.15, -0.1) is 0 Å². The molecule has 0 N–H and O–H groups in total. The van der Waals surface area contributed by atoms with Crippen LogP contribution in [0.3, 0.4) is 0 Å². The molecule has 1 aromatic carbocycles. The Balaban J connectivity index is 1.62. The van der Waals surface area contributed by atoms with Crippen LogP contribution in [0.15, 0.2) is 53.1 Å². The van der Waals surface area contributed by atoms with Gasteiger partial charge in [0.05, 0.1) is 10.0 Å². The molecule has 2 heterocycles. The molecule has 0 unspecified atom stereocenters. The van der Waals surface area contributed by atoms with E-state index >= 15 is 0 Å². The first kappa shape index (κ1) is 17.3. The second-order valence-corrected chi connectivity index (χ2v) is 6.03. The van der Waals surface area contributed by atoms with E-state index in [-0.39, 0.29) is 18.1 Å². The number of ether oxygens (including phenoxy) is 1. The molecule has 128 valence electrons. The maximum absolute atomic E-state index is 12.1. The van der Waals surface area contributed by atoms with Crippen LogP contribution in [0.4, 0.5) is 0 Å². The van der Waals surface area contributed by atoms with Gasteiger partial charge >= 0.3 is 0 Å². The molecule has 0 spiro atoms. The maximum atomic E-state index is 12.1. The van der Waals surface area contributed by atoms with Crippen LogP contribution in [0.25, 0.3) is 6.08 Å². The highest BCUT2D eigenvalue weighted by Gasteiger charge is 2.12. The van der Waals surface area contributed by atoms with E-state index in [1.165, 1.54) is 10.8 Å². The fourth-order valence-corrected chi connectivity index (χ4v) is 2.60. The minimum atomic E-state index is -0.295. The maximum Gasteiger partial charge on any atom is 0.207 e. The Bertz CT molecular complexity index is 928. The second kappa shape index (κ2) is 7.59. The van der Waals surface area contributed by atoms with E-state index in [9.17, 15) is 4.79 Å². The van der Waals surface area contributed by atoms with Gasteiger partial charge in [0.2, 0.25) is 5.78 Å². The Morgan fingerprint density at radius 1 is 1.24 bits per heavy atom. The summed E-state index contributed by atoms with van der Waals surface area (Å²) in [5.74, 6) is 1.43. The first-order chi connectivity index (χ1) is 12.0. The SMILES string of the molecule is Cn1cc(Cl)c(C(=O)/C=C/c2ccc(COc3ccccc3Cl)o2)n1. The van der Waals surface area contributed by atoms with Gasteiger partial charge in [-0.2, -0.15) is 5.10 Å². The molecule has 0 amide bonds. The van der Waals surface area contributed by atoms with Crippen molar-refractivity contribution in [3.05, 3.63) is 75.9 Å². The van der Waals surface area contributed by atoms with Crippen LogP contribution in [0, 0.1) is 0 Å². The largest absolute Gasteiger partial charge is 0.484 e. The number of benzene rings is 1. The summed E-state index contributed by atoms with van der Waals surface area (Å²) in [6, 6.07) is 10.7. The molecule has 0 bridgehead atoms. The van der Waals surface area contributed by atoms with E-state index in [1.54, 1.807) is 43.6 Å². The zero-order chi connectivity index (χ0) is 17.8. The number of carbonyl (C=O) groups excluding carboxylic acids is 1. The van der Waals surface area contributed by atoms with Crippen molar-refractivity contribution in [1.82, 2.24) is 9.78 Å². The third kappa shape index (κ3) is 4.32. The van der Waals surface area contributed by atoms with Crippen LogP contribution in [0.5, 0.6) is 5.75 Å². The number of furan rings is 1. The van der Waals surface area contributed by atoms with Gasteiger partial charge < -0.3 is 9.15 Å². The van der Waals surface area contributed by atoms with Gasteiger partial charge in [-0.3, -0.25) is 9.48 Å². The Hall–Kier alpha value is -2.50. The molecule has 0 aliphatic rings. The van der Waals surface area contributed by atoms with Crippen LogP contribution in [0.1, 0.15) is 22.0 Å². The van der Waals surface area contributed by atoms with Crippen molar-refractivity contribution in [3.8, 4) is 5.75 Å². The molecule has 25 heavy (non-hydrogen) atoms. The molecule has 0 aliphatic carbocycles. The smallest absolute Gasteiger partial charge is 0.207 e. The number of halogens is 2. The van der Waals surface area contributed by atoms with Gasteiger partial charge in [0.15, 0.2) is 5.69 Å². The number of nitrogens with zero attached hydrogens (tertiary/aromatic N) is 2. The molecule has 7 heteroatoms. The quantitative estimate of drug-likeness (QED) is 0.458. The van der Waals surface area contributed by atoms with Crippen molar-refractivity contribution < 1.29 is 13.9 Å². The van der Waals surface area contributed by atoms with E-state index < -0.39 is 0 Å². The molecule has 0 atom stereocenters. The van der Waals surface area contributed by atoms with Gasteiger partial charge in [-0.05, 0) is 36.4 Å². The summed E-state index contributed by atoms with van der Waals surface area (Å²) in [5, 5.41) is 4.86. The summed E-state index contributed by atoms with van der Waals surface area (Å²) in [5.41, 5.74) is 0.203. The highest BCUT2D eigenvalue weighted by Crippen LogP contribution is 2.24. The molecule has 0 saturated heterocycles. The van der Waals surface area contributed by atoms with Gasteiger partial charge in [0, 0.05) is 13.2 Å². The fraction of sp³-hybridized carbons (Fsp3) is 0.111. The van der Waals surface area contributed by atoms with E-state index in [1.807, 2.05) is 12.1 Å². The highest BCUT2D eigenvalue weighted by atomic mass is 35.5. The first-order valence-electron chi connectivity index (χ1n) is 7.40. The number of carbonyl (C=O) groups is 1. The fourth-order valence-electron chi connectivity index (χ4n) is 2.14. The van der Waals surface area contributed by atoms with Crippen molar-refractivity contribution in [2.24, 2.45) is 7.05 Å². The summed E-state index contributed by atoms with van der Waals surface area (Å²) >= 11 is 12.0. The lowest BCUT2D eigenvalue weighted by Gasteiger charge is -2.05. The summed E-state index contributed by atoms with van der Waals surface area (Å²) in [4.78, 5) is 12.1. The zero-order valence-corrected chi connectivity index (χ0v) is 14.8. The molecule has 3 rings (SSSR count). The number of hydrogen-bond acceptors (Lipinski definition) is 4. The third-order valence-electron chi connectivity index (χ3n) is 3.31. The average molecular weight is 377 g/mol. The van der Waals surface area contributed by atoms with Crippen molar-refractivity contribution in [2.75, 3.05) is 0 Å². The number of ketones is 1. The van der Waals surface area contributed by atoms with Gasteiger partial charge in [-0.25, -0.2) is 0 Å². The Kier molecular flexibility index (Phi) is 5.26.